The van der Waals surface area contributed by atoms with Crippen molar-refractivity contribution < 1.29 is 14.0 Å². The van der Waals surface area contributed by atoms with E-state index in [1.54, 1.807) is 6.26 Å². The molecule has 0 aromatic carbocycles. The van der Waals surface area contributed by atoms with Crippen LogP contribution in [0.15, 0.2) is 22.8 Å². The zero-order chi connectivity index (χ0) is 16.8. The van der Waals surface area contributed by atoms with Crippen LogP contribution in [0.1, 0.15) is 44.3 Å². The van der Waals surface area contributed by atoms with Crippen molar-refractivity contribution in [1.82, 2.24) is 15.1 Å². The lowest BCUT2D eigenvalue weighted by molar-refractivity contribution is -0.134. The molecule has 6 heteroatoms. The van der Waals surface area contributed by atoms with E-state index in [-0.39, 0.29) is 17.9 Å². The van der Waals surface area contributed by atoms with Crippen LogP contribution in [0.25, 0.3) is 0 Å². The molecular weight excluding hydrogens is 306 g/mol. The van der Waals surface area contributed by atoms with Gasteiger partial charge >= 0.3 is 0 Å². The summed E-state index contributed by atoms with van der Waals surface area (Å²) in [6.07, 6.45) is 8.00. The number of nitrogens with zero attached hydrogens (tertiary/aromatic N) is 2. The van der Waals surface area contributed by atoms with E-state index in [1.807, 2.05) is 21.9 Å². The monoisotopic (exact) mass is 333 g/mol. The summed E-state index contributed by atoms with van der Waals surface area (Å²) < 4.78 is 5.24. The van der Waals surface area contributed by atoms with E-state index in [0.29, 0.717) is 13.1 Å². The molecule has 2 saturated heterocycles. The molecule has 2 amide bonds. The molecule has 1 N–H and O–H groups in total. The number of amides is 2. The highest BCUT2D eigenvalue weighted by Crippen LogP contribution is 2.18. The third kappa shape index (κ3) is 4.38. The quantitative estimate of drug-likeness (QED) is 0.892. The maximum absolute atomic E-state index is 12.6. The molecule has 1 aromatic heterocycles. The molecule has 132 valence electrons. The lowest BCUT2D eigenvalue weighted by atomic mass is 10.2. The van der Waals surface area contributed by atoms with Crippen LogP contribution in [0.5, 0.6) is 0 Å². The van der Waals surface area contributed by atoms with Crippen molar-refractivity contribution >= 4 is 11.8 Å². The van der Waals surface area contributed by atoms with Crippen LogP contribution in [0.2, 0.25) is 0 Å². The number of nitrogens with one attached hydrogen (secondary N) is 1. The van der Waals surface area contributed by atoms with E-state index in [1.165, 1.54) is 12.8 Å². The summed E-state index contributed by atoms with van der Waals surface area (Å²) in [5, 5.41) is 2.92. The van der Waals surface area contributed by atoms with Gasteiger partial charge in [-0.1, -0.05) is 12.8 Å². The smallest absolute Gasteiger partial charge is 0.237 e. The summed E-state index contributed by atoms with van der Waals surface area (Å²) in [4.78, 5) is 29.0. The summed E-state index contributed by atoms with van der Waals surface area (Å²) in [7, 11) is 0. The Labute approximate surface area is 143 Å². The summed E-state index contributed by atoms with van der Waals surface area (Å²) in [6.45, 7) is 3.30. The van der Waals surface area contributed by atoms with E-state index >= 15 is 0 Å². The van der Waals surface area contributed by atoms with Gasteiger partial charge in [-0.25, -0.2) is 0 Å². The minimum atomic E-state index is -0.198. The Balaban J connectivity index is 1.50. The van der Waals surface area contributed by atoms with Crippen molar-refractivity contribution in [2.24, 2.45) is 0 Å². The Morgan fingerprint density at radius 2 is 1.92 bits per heavy atom. The molecule has 3 rings (SSSR count). The number of hydrogen-bond donors (Lipinski definition) is 1. The molecule has 1 unspecified atom stereocenters. The highest BCUT2D eigenvalue weighted by molar-refractivity contribution is 5.84. The Morgan fingerprint density at radius 3 is 2.62 bits per heavy atom. The van der Waals surface area contributed by atoms with Gasteiger partial charge in [0, 0.05) is 13.1 Å². The molecule has 2 aliphatic heterocycles. The average Bonchev–Trinajstić information content (AvgIpc) is 3.18. The van der Waals surface area contributed by atoms with E-state index < -0.39 is 0 Å². The highest BCUT2D eigenvalue weighted by atomic mass is 16.3. The topological polar surface area (TPSA) is 65.8 Å². The molecule has 0 radical (unpaired) electrons. The molecule has 1 aromatic rings. The summed E-state index contributed by atoms with van der Waals surface area (Å²) in [5.74, 6) is 0.906. The van der Waals surface area contributed by atoms with Crippen LogP contribution in [0, 0.1) is 0 Å². The minimum Gasteiger partial charge on any atom is -0.467 e. The van der Waals surface area contributed by atoms with Gasteiger partial charge in [-0.2, -0.15) is 0 Å². The lowest BCUT2D eigenvalue weighted by Gasteiger charge is -2.27. The first-order valence-corrected chi connectivity index (χ1v) is 9.06. The van der Waals surface area contributed by atoms with E-state index in [2.05, 4.69) is 5.32 Å². The second-order valence-electron chi connectivity index (χ2n) is 6.72. The normalized spacial score (nSPS) is 22.3. The molecule has 2 fully saturated rings. The van der Waals surface area contributed by atoms with Crippen molar-refractivity contribution in [2.75, 3.05) is 26.2 Å². The predicted molar refractivity (Wildman–Crippen MR) is 90.2 cm³/mol. The van der Waals surface area contributed by atoms with Crippen LogP contribution in [0.3, 0.4) is 0 Å². The number of furan rings is 1. The summed E-state index contributed by atoms with van der Waals surface area (Å²) in [6, 6.07) is 3.45. The molecule has 6 nitrogen and oxygen atoms in total. The van der Waals surface area contributed by atoms with E-state index in [4.69, 9.17) is 4.42 Å². The lowest BCUT2D eigenvalue weighted by Crippen LogP contribution is -2.47. The molecule has 0 saturated carbocycles. The fourth-order valence-electron chi connectivity index (χ4n) is 3.61. The Morgan fingerprint density at radius 1 is 1.12 bits per heavy atom. The SMILES string of the molecule is O=C(NCc1ccco1)C1CCCN1CC(=O)N1CCCCCC1. The van der Waals surface area contributed by atoms with Gasteiger partial charge in [-0.05, 0) is 44.4 Å². The zero-order valence-corrected chi connectivity index (χ0v) is 14.2. The van der Waals surface area contributed by atoms with Crippen molar-refractivity contribution in [3.8, 4) is 0 Å². The first-order chi connectivity index (χ1) is 11.7. The third-order valence-corrected chi connectivity index (χ3v) is 4.98. The number of rotatable bonds is 5. The second-order valence-corrected chi connectivity index (χ2v) is 6.72. The third-order valence-electron chi connectivity index (χ3n) is 4.98. The molecule has 2 aliphatic rings. The maximum atomic E-state index is 12.6. The fourth-order valence-corrected chi connectivity index (χ4v) is 3.61. The minimum absolute atomic E-state index is 0.00688. The molecular formula is C18H27N3O3. The largest absolute Gasteiger partial charge is 0.467 e. The van der Waals surface area contributed by atoms with Gasteiger partial charge in [0.15, 0.2) is 0 Å². The van der Waals surface area contributed by atoms with Gasteiger partial charge in [0.1, 0.15) is 5.76 Å². The van der Waals surface area contributed by atoms with E-state index in [0.717, 1.165) is 51.1 Å². The Kier molecular flexibility index (Phi) is 5.91. The second kappa shape index (κ2) is 8.33. The zero-order valence-electron chi connectivity index (χ0n) is 14.2. The van der Waals surface area contributed by atoms with Crippen LogP contribution in [0.4, 0.5) is 0 Å². The predicted octanol–water partition coefficient (Wildman–Crippen LogP) is 1.76. The Hall–Kier alpha value is -1.82. The van der Waals surface area contributed by atoms with Crippen molar-refractivity contribution in [3.05, 3.63) is 24.2 Å². The molecule has 3 heterocycles. The fraction of sp³-hybridized carbons (Fsp3) is 0.667. The van der Waals surface area contributed by atoms with Crippen LogP contribution in [-0.4, -0.2) is 53.8 Å². The van der Waals surface area contributed by atoms with Crippen molar-refractivity contribution in [3.63, 3.8) is 0 Å². The molecule has 0 bridgehead atoms. The van der Waals surface area contributed by atoms with Gasteiger partial charge in [0.2, 0.25) is 11.8 Å². The van der Waals surface area contributed by atoms with Gasteiger partial charge in [-0.15, -0.1) is 0 Å². The summed E-state index contributed by atoms with van der Waals surface area (Å²) >= 11 is 0. The molecule has 0 spiro atoms. The number of carbonyl (C=O) groups excluding carboxylic acids is 2. The van der Waals surface area contributed by atoms with Crippen molar-refractivity contribution in [2.45, 2.75) is 51.1 Å². The summed E-state index contributed by atoms with van der Waals surface area (Å²) in [5.41, 5.74) is 0. The van der Waals surface area contributed by atoms with Gasteiger partial charge in [0.25, 0.3) is 0 Å². The number of carbonyl (C=O) groups is 2. The maximum Gasteiger partial charge on any atom is 0.237 e. The average molecular weight is 333 g/mol. The molecule has 1 atom stereocenters. The van der Waals surface area contributed by atoms with E-state index in [9.17, 15) is 9.59 Å². The number of likely N-dealkylation sites (tertiary alicyclic amines) is 2. The first kappa shape index (κ1) is 17.0. The molecule has 0 aliphatic carbocycles. The number of hydrogen-bond acceptors (Lipinski definition) is 4. The van der Waals surface area contributed by atoms with Crippen LogP contribution >= 0.6 is 0 Å². The van der Waals surface area contributed by atoms with Gasteiger partial charge in [0.05, 0.1) is 25.4 Å². The van der Waals surface area contributed by atoms with Gasteiger partial charge in [-0.3, -0.25) is 14.5 Å². The standard InChI is InChI=1S/C18H27N3O3/c22-17(20-9-3-1-2-4-10-20)14-21-11-5-8-16(21)18(23)19-13-15-7-6-12-24-15/h6-7,12,16H,1-5,8-11,13-14H2,(H,19,23). The van der Waals surface area contributed by atoms with Crippen LogP contribution in [-0.2, 0) is 16.1 Å². The first-order valence-electron chi connectivity index (χ1n) is 9.06. The molecule has 24 heavy (non-hydrogen) atoms. The van der Waals surface area contributed by atoms with Crippen LogP contribution < -0.4 is 5.32 Å². The van der Waals surface area contributed by atoms with Gasteiger partial charge < -0.3 is 14.6 Å². The highest BCUT2D eigenvalue weighted by Gasteiger charge is 2.32. The van der Waals surface area contributed by atoms with Crippen molar-refractivity contribution in [1.29, 1.82) is 0 Å². The Bertz CT molecular complexity index is 536.